The van der Waals surface area contributed by atoms with Gasteiger partial charge in [-0.3, -0.25) is 9.69 Å². The summed E-state index contributed by atoms with van der Waals surface area (Å²) in [5.74, 6) is 1.11. The summed E-state index contributed by atoms with van der Waals surface area (Å²) < 4.78 is 0. The van der Waals surface area contributed by atoms with Gasteiger partial charge in [-0.25, -0.2) is 0 Å². The average Bonchev–Trinajstić information content (AvgIpc) is 3.15. The number of carbonyl (C=O) groups excluding carboxylic acids is 1. The van der Waals surface area contributed by atoms with Gasteiger partial charge in [-0.2, -0.15) is 0 Å². The monoisotopic (exact) mass is 251 g/mol. The Labute approximate surface area is 109 Å². The molecule has 1 amide bonds. The Kier molecular flexibility index (Phi) is 3.85. The fraction of sp³-hybridized carbons (Fsp3) is 0.929. The van der Waals surface area contributed by atoms with Crippen molar-refractivity contribution in [3.05, 3.63) is 0 Å². The van der Waals surface area contributed by atoms with Crippen molar-refractivity contribution in [3.63, 3.8) is 0 Å². The third-order valence-corrected chi connectivity index (χ3v) is 4.55. The number of nitrogens with zero attached hydrogens (tertiary/aromatic N) is 1. The average molecular weight is 251 g/mol. The molecule has 3 aliphatic rings. The van der Waals surface area contributed by atoms with Crippen LogP contribution in [0.4, 0.5) is 0 Å². The SMILES string of the molecule is O=C1CCC(CN(CC2CCNCC2)C2CC2)N1. The van der Waals surface area contributed by atoms with Crippen LogP contribution < -0.4 is 10.6 Å². The Morgan fingerprint density at radius 3 is 2.44 bits per heavy atom. The molecule has 4 heteroatoms. The van der Waals surface area contributed by atoms with Gasteiger partial charge in [0.25, 0.3) is 0 Å². The Morgan fingerprint density at radius 2 is 1.83 bits per heavy atom. The van der Waals surface area contributed by atoms with E-state index in [9.17, 15) is 4.79 Å². The fourth-order valence-corrected chi connectivity index (χ4v) is 3.31. The highest BCUT2D eigenvalue weighted by atomic mass is 16.1. The molecule has 0 aromatic heterocycles. The smallest absolute Gasteiger partial charge is 0.220 e. The summed E-state index contributed by atoms with van der Waals surface area (Å²) in [6.45, 7) is 4.70. The zero-order chi connectivity index (χ0) is 12.4. The normalized spacial score (nSPS) is 29.8. The third kappa shape index (κ3) is 3.23. The standard InChI is InChI=1S/C14H25N3O/c18-14-4-1-12(16-14)10-17(13-2-3-13)9-11-5-7-15-8-6-11/h11-13,15H,1-10H2,(H,16,18). The Morgan fingerprint density at radius 1 is 1.06 bits per heavy atom. The van der Waals surface area contributed by atoms with Crippen molar-refractivity contribution in [3.8, 4) is 0 Å². The van der Waals surface area contributed by atoms with Gasteiger partial charge in [0.05, 0.1) is 0 Å². The Hall–Kier alpha value is -0.610. The van der Waals surface area contributed by atoms with E-state index in [1.807, 2.05) is 0 Å². The van der Waals surface area contributed by atoms with Crippen LogP contribution in [0.25, 0.3) is 0 Å². The first kappa shape index (κ1) is 12.4. The van der Waals surface area contributed by atoms with E-state index in [4.69, 9.17) is 0 Å². The lowest BCUT2D eigenvalue weighted by atomic mass is 9.97. The molecule has 1 atom stereocenters. The highest BCUT2D eigenvalue weighted by Crippen LogP contribution is 2.29. The Bertz CT molecular complexity index is 297. The van der Waals surface area contributed by atoms with Crippen molar-refractivity contribution in [1.29, 1.82) is 0 Å². The number of hydrogen-bond donors (Lipinski definition) is 2. The van der Waals surface area contributed by atoms with Gasteiger partial charge in [-0.05, 0) is 51.1 Å². The second kappa shape index (κ2) is 5.57. The molecule has 4 nitrogen and oxygen atoms in total. The maximum absolute atomic E-state index is 11.3. The minimum atomic E-state index is 0.248. The van der Waals surface area contributed by atoms with Gasteiger partial charge in [0.2, 0.25) is 5.91 Å². The van der Waals surface area contributed by atoms with Crippen molar-refractivity contribution < 1.29 is 4.79 Å². The van der Waals surface area contributed by atoms with Gasteiger partial charge < -0.3 is 10.6 Å². The van der Waals surface area contributed by atoms with Crippen LogP contribution in [0.15, 0.2) is 0 Å². The van der Waals surface area contributed by atoms with Crippen molar-refractivity contribution in [1.82, 2.24) is 15.5 Å². The van der Waals surface area contributed by atoms with E-state index in [0.717, 1.165) is 31.3 Å². The molecule has 1 saturated carbocycles. The summed E-state index contributed by atoms with van der Waals surface area (Å²) in [6, 6.07) is 1.23. The van der Waals surface area contributed by atoms with Gasteiger partial charge in [-0.1, -0.05) is 0 Å². The van der Waals surface area contributed by atoms with Crippen LogP contribution in [0.5, 0.6) is 0 Å². The van der Waals surface area contributed by atoms with E-state index in [-0.39, 0.29) is 5.91 Å². The highest BCUT2D eigenvalue weighted by molar-refractivity contribution is 5.78. The molecule has 1 aliphatic carbocycles. The zero-order valence-electron chi connectivity index (χ0n) is 11.2. The van der Waals surface area contributed by atoms with E-state index in [2.05, 4.69) is 15.5 Å². The van der Waals surface area contributed by atoms with Crippen LogP contribution in [-0.4, -0.2) is 49.1 Å². The topological polar surface area (TPSA) is 44.4 Å². The largest absolute Gasteiger partial charge is 0.352 e. The second-order valence-electron chi connectivity index (χ2n) is 6.18. The number of hydrogen-bond acceptors (Lipinski definition) is 3. The van der Waals surface area contributed by atoms with Gasteiger partial charge in [0.1, 0.15) is 0 Å². The fourth-order valence-electron chi connectivity index (χ4n) is 3.31. The van der Waals surface area contributed by atoms with Crippen LogP contribution in [0.3, 0.4) is 0 Å². The van der Waals surface area contributed by atoms with Crippen LogP contribution >= 0.6 is 0 Å². The van der Waals surface area contributed by atoms with Crippen molar-refractivity contribution >= 4 is 5.91 Å². The molecule has 0 aromatic rings. The first-order valence-electron chi connectivity index (χ1n) is 7.55. The Balaban J connectivity index is 1.50. The third-order valence-electron chi connectivity index (χ3n) is 4.55. The molecule has 0 radical (unpaired) electrons. The molecule has 102 valence electrons. The lowest BCUT2D eigenvalue weighted by Gasteiger charge is -2.31. The predicted octanol–water partition coefficient (Wildman–Crippen LogP) is 0.729. The zero-order valence-corrected chi connectivity index (χ0v) is 11.2. The molecule has 2 heterocycles. The van der Waals surface area contributed by atoms with Crippen LogP contribution in [-0.2, 0) is 4.79 Å². The minimum absolute atomic E-state index is 0.248. The molecule has 0 spiro atoms. The van der Waals surface area contributed by atoms with E-state index < -0.39 is 0 Å². The summed E-state index contributed by atoms with van der Waals surface area (Å²) in [4.78, 5) is 13.9. The van der Waals surface area contributed by atoms with Gasteiger partial charge >= 0.3 is 0 Å². The van der Waals surface area contributed by atoms with Crippen LogP contribution in [0.2, 0.25) is 0 Å². The molecule has 2 saturated heterocycles. The first-order valence-corrected chi connectivity index (χ1v) is 7.55. The van der Waals surface area contributed by atoms with Crippen LogP contribution in [0.1, 0.15) is 38.5 Å². The molecular weight excluding hydrogens is 226 g/mol. The molecule has 2 aliphatic heterocycles. The molecular formula is C14H25N3O. The molecule has 2 N–H and O–H groups in total. The lowest BCUT2D eigenvalue weighted by Crippen LogP contribution is -2.43. The van der Waals surface area contributed by atoms with Crippen molar-refractivity contribution in [2.45, 2.75) is 50.6 Å². The van der Waals surface area contributed by atoms with E-state index in [0.29, 0.717) is 6.04 Å². The summed E-state index contributed by atoms with van der Waals surface area (Å²) in [5.41, 5.74) is 0. The summed E-state index contributed by atoms with van der Waals surface area (Å²) in [6.07, 6.45) is 7.14. The number of rotatable bonds is 5. The minimum Gasteiger partial charge on any atom is -0.352 e. The van der Waals surface area contributed by atoms with E-state index in [1.165, 1.54) is 45.3 Å². The maximum atomic E-state index is 11.3. The van der Waals surface area contributed by atoms with E-state index in [1.54, 1.807) is 0 Å². The predicted molar refractivity (Wildman–Crippen MR) is 71.4 cm³/mol. The van der Waals surface area contributed by atoms with Crippen molar-refractivity contribution in [2.75, 3.05) is 26.2 Å². The van der Waals surface area contributed by atoms with Gasteiger partial charge in [0, 0.05) is 31.6 Å². The summed E-state index contributed by atoms with van der Waals surface area (Å²) in [5, 5.41) is 6.55. The number of nitrogens with one attached hydrogen (secondary N) is 2. The number of amides is 1. The molecule has 3 fully saturated rings. The van der Waals surface area contributed by atoms with E-state index >= 15 is 0 Å². The van der Waals surface area contributed by atoms with Crippen LogP contribution in [0, 0.1) is 5.92 Å². The first-order chi connectivity index (χ1) is 8.81. The molecule has 18 heavy (non-hydrogen) atoms. The highest BCUT2D eigenvalue weighted by Gasteiger charge is 2.33. The maximum Gasteiger partial charge on any atom is 0.220 e. The van der Waals surface area contributed by atoms with Gasteiger partial charge in [-0.15, -0.1) is 0 Å². The quantitative estimate of drug-likeness (QED) is 0.757. The number of carbonyl (C=O) groups is 1. The molecule has 3 rings (SSSR count). The molecule has 0 bridgehead atoms. The molecule has 1 unspecified atom stereocenters. The second-order valence-corrected chi connectivity index (χ2v) is 6.18. The summed E-state index contributed by atoms with van der Waals surface area (Å²) >= 11 is 0. The lowest BCUT2D eigenvalue weighted by molar-refractivity contribution is -0.119. The van der Waals surface area contributed by atoms with Crippen molar-refractivity contribution in [2.24, 2.45) is 5.92 Å². The summed E-state index contributed by atoms with van der Waals surface area (Å²) in [7, 11) is 0. The van der Waals surface area contributed by atoms with Gasteiger partial charge in [0.15, 0.2) is 0 Å². The molecule has 0 aromatic carbocycles. The number of piperidine rings is 1.